The molecule has 1 unspecified atom stereocenters. The lowest BCUT2D eigenvalue weighted by molar-refractivity contribution is 0.157. The van der Waals surface area contributed by atoms with Crippen LogP contribution in [-0.2, 0) is 10.0 Å². The van der Waals surface area contributed by atoms with Crippen molar-refractivity contribution in [2.75, 3.05) is 0 Å². The summed E-state index contributed by atoms with van der Waals surface area (Å²) in [5, 5.41) is 15.8. The quantitative estimate of drug-likeness (QED) is 0.793. The van der Waals surface area contributed by atoms with Crippen molar-refractivity contribution in [1.82, 2.24) is 0 Å². The zero-order valence-electron chi connectivity index (χ0n) is 13.1. The van der Waals surface area contributed by atoms with Gasteiger partial charge < -0.3 is 5.11 Å². The van der Waals surface area contributed by atoms with E-state index in [1.807, 2.05) is 27.7 Å². The molecule has 0 aliphatic carbocycles. The lowest BCUT2D eigenvalue weighted by Gasteiger charge is -2.28. The zero-order chi connectivity index (χ0) is 16.2. The van der Waals surface area contributed by atoms with Crippen LogP contribution in [0.5, 0.6) is 0 Å². The first kappa shape index (κ1) is 17.9. The molecule has 3 atom stereocenters. The number of rotatable bonds is 6. The first-order valence-corrected chi connectivity index (χ1v) is 8.68. The van der Waals surface area contributed by atoms with Crippen molar-refractivity contribution in [2.24, 2.45) is 11.1 Å². The highest BCUT2D eigenvalue weighted by molar-refractivity contribution is 7.89. The van der Waals surface area contributed by atoms with Gasteiger partial charge in [0.25, 0.3) is 0 Å². The Balaban J connectivity index is 3.45. The van der Waals surface area contributed by atoms with Crippen molar-refractivity contribution >= 4 is 10.0 Å². The molecule has 0 saturated carbocycles. The normalized spacial score (nSPS) is 16.1. The van der Waals surface area contributed by atoms with Gasteiger partial charge in [0.2, 0.25) is 10.0 Å². The summed E-state index contributed by atoms with van der Waals surface area (Å²) < 4.78 is 23.6. The summed E-state index contributed by atoms with van der Waals surface area (Å²) in [5.41, 5.74) is 1.57. The van der Waals surface area contributed by atoms with Crippen molar-refractivity contribution in [3.8, 4) is 0 Å². The van der Waals surface area contributed by atoms with Gasteiger partial charge in [-0.15, -0.1) is 0 Å². The van der Waals surface area contributed by atoms with Gasteiger partial charge in [0.1, 0.15) is 0 Å². The molecule has 0 aliphatic heterocycles. The Morgan fingerprint density at radius 2 is 1.90 bits per heavy atom. The van der Waals surface area contributed by atoms with Crippen LogP contribution in [0.1, 0.15) is 45.6 Å². The third-order valence-corrected chi connectivity index (χ3v) is 4.70. The van der Waals surface area contributed by atoms with Gasteiger partial charge in [0, 0.05) is 5.92 Å². The molecule has 1 aromatic carbocycles. The van der Waals surface area contributed by atoms with E-state index in [1.54, 1.807) is 24.3 Å². The molecule has 0 heterocycles. The van der Waals surface area contributed by atoms with Crippen LogP contribution in [-0.4, -0.2) is 19.6 Å². The highest BCUT2D eigenvalue weighted by atomic mass is 32.2. The van der Waals surface area contributed by atoms with Crippen molar-refractivity contribution in [2.45, 2.75) is 51.0 Å². The van der Waals surface area contributed by atoms with Crippen LogP contribution in [0.2, 0.25) is 0 Å². The topological polar surface area (TPSA) is 80.4 Å². The zero-order valence-corrected chi connectivity index (χ0v) is 13.9. The fraction of sp³-hybridized carbons (Fsp3) is 0.500. The third-order valence-electron chi connectivity index (χ3n) is 3.71. The van der Waals surface area contributed by atoms with E-state index in [-0.39, 0.29) is 16.7 Å². The molecule has 1 rings (SSSR count). The van der Waals surface area contributed by atoms with Gasteiger partial charge in [0.15, 0.2) is 0 Å². The van der Waals surface area contributed by atoms with Crippen molar-refractivity contribution in [1.29, 1.82) is 0 Å². The second kappa shape index (κ2) is 7.20. The van der Waals surface area contributed by atoms with Gasteiger partial charge in [-0.1, -0.05) is 50.1 Å². The van der Waals surface area contributed by atoms with Crippen LogP contribution in [0.3, 0.4) is 0 Å². The van der Waals surface area contributed by atoms with Crippen LogP contribution in [0, 0.1) is 5.92 Å². The molecule has 0 bridgehead atoms. The molecule has 0 saturated heterocycles. The predicted octanol–water partition coefficient (Wildman–Crippen LogP) is 2.79. The minimum absolute atomic E-state index is 0.0940. The average molecular weight is 311 g/mol. The van der Waals surface area contributed by atoms with Crippen molar-refractivity contribution in [3.63, 3.8) is 0 Å². The van der Waals surface area contributed by atoms with Crippen molar-refractivity contribution < 1.29 is 13.5 Å². The Kier molecular flexibility index (Phi) is 6.13. The number of primary sulfonamides is 1. The summed E-state index contributed by atoms with van der Waals surface area (Å²) in [6, 6.07) is 6.65. The fourth-order valence-electron chi connectivity index (χ4n) is 2.54. The molecule has 118 valence electrons. The number of sulfonamides is 1. The Morgan fingerprint density at radius 1 is 1.33 bits per heavy atom. The Labute approximate surface area is 127 Å². The van der Waals surface area contributed by atoms with E-state index in [4.69, 9.17) is 5.14 Å². The summed E-state index contributed by atoms with van der Waals surface area (Å²) in [6.07, 6.45) is 1.85. The molecule has 0 aliphatic rings. The number of allylic oxidation sites excluding steroid dienone is 1. The molecule has 1 aromatic rings. The maximum Gasteiger partial charge on any atom is 0.238 e. The summed E-state index contributed by atoms with van der Waals surface area (Å²) in [7, 11) is -3.81. The first-order valence-electron chi connectivity index (χ1n) is 7.13. The van der Waals surface area contributed by atoms with Gasteiger partial charge >= 0.3 is 0 Å². The Bertz CT molecular complexity index is 604. The summed E-state index contributed by atoms with van der Waals surface area (Å²) in [4.78, 5) is 0.0940. The fourth-order valence-corrected chi connectivity index (χ4v) is 3.34. The molecule has 5 heteroatoms. The van der Waals surface area contributed by atoms with E-state index in [0.29, 0.717) is 5.56 Å². The maximum atomic E-state index is 11.8. The Hall–Kier alpha value is -1.17. The number of hydrogen-bond acceptors (Lipinski definition) is 3. The first-order chi connectivity index (χ1) is 9.68. The second-order valence-corrected chi connectivity index (χ2v) is 7.26. The van der Waals surface area contributed by atoms with Gasteiger partial charge in [-0.05, 0) is 31.4 Å². The van der Waals surface area contributed by atoms with Crippen molar-refractivity contribution in [3.05, 3.63) is 41.5 Å². The van der Waals surface area contributed by atoms with Crippen LogP contribution in [0.4, 0.5) is 0 Å². The third kappa shape index (κ3) is 4.66. The van der Waals surface area contributed by atoms with Crippen LogP contribution >= 0.6 is 0 Å². The summed E-state index contributed by atoms with van der Waals surface area (Å²) in [6.45, 7) is 7.84. The van der Waals surface area contributed by atoms with E-state index in [1.165, 1.54) is 6.07 Å². The molecule has 21 heavy (non-hydrogen) atoms. The lowest BCUT2D eigenvalue weighted by atomic mass is 9.81. The Morgan fingerprint density at radius 3 is 2.38 bits per heavy atom. The molecule has 0 amide bonds. The molecule has 3 N–H and O–H groups in total. The number of aliphatic hydroxyl groups excluding tert-OH is 1. The monoisotopic (exact) mass is 311 g/mol. The van der Waals surface area contributed by atoms with Crippen LogP contribution in [0.25, 0.3) is 0 Å². The van der Waals surface area contributed by atoms with Crippen LogP contribution < -0.4 is 5.14 Å². The standard InChI is InChI=1S/C16H25NO3S/c1-5-12(4)16(14(18)10-11(2)3)13-8-6-7-9-15(13)21(17,19)20/h6-10,12,14,16,18H,5H2,1-4H3,(H2,17,19,20)/t12-,14?,16-/m0/s1. The highest BCUT2D eigenvalue weighted by Gasteiger charge is 2.29. The average Bonchev–Trinajstić information content (AvgIpc) is 2.37. The lowest BCUT2D eigenvalue weighted by Crippen LogP contribution is -2.26. The molecule has 4 nitrogen and oxygen atoms in total. The number of hydrogen-bond donors (Lipinski definition) is 2. The van der Waals surface area contributed by atoms with Crippen LogP contribution in [0.15, 0.2) is 40.8 Å². The highest BCUT2D eigenvalue weighted by Crippen LogP contribution is 2.34. The van der Waals surface area contributed by atoms with Gasteiger partial charge in [-0.3, -0.25) is 0 Å². The number of benzene rings is 1. The van der Waals surface area contributed by atoms with E-state index >= 15 is 0 Å². The minimum atomic E-state index is -3.81. The largest absolute Gasteiger partial charge is 0.388 e. The van der Waals surface area contributed by atoms with E-state index in [0.717, 1.165) is 12.0 Å². The number of aliphatic hydroxyl groups is 1. The van der Waals surface area contributed by atoms with E-state index in [9.17, 15) is 13.5 Å². The van der Waals surface area contributed by atoms with Gasteiger partial charge in [-0.2, -0.15) is 0 Å². The summed E-state index contributed by atoms with van der Waals surface area (Å²) >= 11 is 0. The maximum absolute atomic E-state index is 11.8. The molecule has 0 spiro atoms. The smallest absolute Gasteiger partial charge is 0.238 e. The second-order valence-electron chi connectivity index (χ2n) is 5.73. The molecule has 0 radical (unpaired) electrons. The SMILES string of the molecule is CC[C@H](C)[C@@H](c1ccccc1S(N)(=O)=O)C(O)C=C(C)C. The van der Waals surface area contributed by atoms with E-state index in [2.05, 4.69) is 0 Å². The van der Waals surface area contributed by atoms with E-state index < -0.39 is 16.1 Å². The molecular formula is C16H25NO3S. The number of nitrogens with two attached hydrogens (primary N) is 1. The minimum Gasteiger partial charge on any atom is -0.388 e. The van der Waals surface area contributed by atoms with Gasteiger partial charge in [0.05, 0.1) is 11.0 Å². The molecular weight excluding hydrogens is 286 g/mol. The predicted molar refractivity (Wildman–Crippen MR) is 85.4 cm³/mol. The molecule has 0 fully saturated rings. The molecule has 0 aromatic heterocycles. The van der Waals surface area contributed by atoms with Gasteiger partial charge in [-0.25, -0.2) is 13.6 Å². The summed E-state index contributed by atoms with van der Waals surface area (Å²) in [5.74, 6) is -0.182.